The van der Waals surface area contributed by atoms with Crippen molar-refractivity contribution in [2.24, 2.45) is 0 Å². The van der Waals surface area contributed by atoms with Gasteiger partial charge >= 0.3 is 5.97 Å². The summed E-state index contributed by atoms with van der Waals surface area (Å²) in [6, 6.07) is 15.2. The van der Waals surface area contributed by atoms with Crippen LogP contribution in [0.2, 0.25) is 0 Å². The van der Waals surface area contributed by atoms with E-state index in [4.69, 9.17) is 9.15 Å². The minimum absolute atomic E-state index is 0.200. The average molecular weight is 307 g/mol. The fourth-order valence-corrected chi connectivity index (χ4v) is 2.39. The van der Waals surface area contributed by atoms with E-state index < -0.39 is 5.97 Å². The summed E-state index contributed by atoms with van der Waals surface area (Å²) in [5.41, 5.74) is 2.83. The monoisotopic (exact) mass is 307 g/mol. The van der Waals surface area contributed by atoms with Crippen molar-refractivity contribution < 1.29 is 13.9 Å². The molecule has 116 valence electrons. The van der Waals surface area contributed by atoms with Crippen molar-refractivity contribution in [2.75, 3.05) is 0 Å². The first kappa shape index (κ1) is 15.0. The maximum Gasteiger partial charge on any atom is 0.366 e. The van der Waals surface area contributed by atoms with Crippen LogP contribution >= 0.6 is 0 Å². The van der Waals surface area contributed by atoms with Crippen molar-refractivity contribution >= 4 is 5.97 Å². The first-order chi connectivity index (χ1) is 11.1. The summed E-state index contributed by atoms with van der Waals surface area (Å²) in [6.07, 6.45) is 0. The average Bonchev–Trinajstić information content (AvgIpc) is 2.94. The minimum Gasteiger partial charge on any atom is -0.441 e. The number of benzene rings is 2. The second-order valence-electron chi connectivity index (χ2n) is 5.40. The van der Waals surface area contributed by atoms with Crippen molar-refractivity contribution in [3.8, 4) is 17.2 Å². The third-order valence-electron chi connectivity index (χ3n) is 3.61. The smallest absolute Gasteiger partial charge is 0.366 e. The van der Waals surface area contributed by atoms with Gasteiger partial charge in [-0.3, -0.25) is 0 Å². The van der Waals surface area contributed by atoms with Crippen LogP contribution in [0.4, 0.5) is 0 Å². The van der Waals surface area contributed by atoms with Crippen molar-refractivity contribution in [1.82, 2.24) is 4.98 Å². The standard InChI is InChI=1S/C19H17NO3/c1-12-8-7-9-13(2)17(12)23-19(21)16-14(3)22-18(20-16)15-10-5-4-6-11-15/h4-11H,1-3H3. The summed E-state index contributed by atoms with van der Waals surface area (Å²) in [4.78, 5) is 16.7. The van der Waals surface area contributed by atoms with E-state index in [1.807, 2.05) is 62.4 Å². The molecule has 0 N–H and O–H groups in total. The molecule has 3 rings (SSSR count). The highest BCUT2D eigenvalue weighted by atomic mass is 16.5. The molecule has 0 atom stereocenters. The van der Waals surface area contributed by atoms with Crippen LogP contribution in [-0.2, 0) is 0 Å². The Morgan fingerprint density at radius 3 is 2.26 bits per heavy atom. The molecule has 1 heterocycles. The van der Waals surface area contributed by atoms with E-state index in [-0.39, 0.29) is 5.69 Å². The van der Waals surface area contributed by atoms with Gasteiger partial charge < -0.3 is 9.15 Å². The molecular weight excluding hydrogens is 290 g/mol. The van der Waals surface area contributed by atoms with E-state index >= 15 is 0 Å². The summed E-state index contributed by atoms with van der Waals surface area (Å²) in [6.45, 7) is 5.52. The number of esters is 1. The van der Waals surface area contributed by atoms with E-state index in [1.165, 1.54) is 0 Å². The third kappa shape index (κ3) is 3.01. The van der Waals surface area contributed by atoms with E-state index in [0.717, 1.165) is 16.7 Å². The molecular formula is C19H17NO3. The number of oxazole rings is 1. The molecule has 0 saturated carbocycles. The fourth-order valence-electron chi connectivity index (χ4n) is 2.39. The van der Waals surface area contributed by atoms with Crippen LogP contribution in [-0.4, -0.2) is 11.0 Å². The van der Waals surface area contributed by atoms with Gasteiger partial charge in [0.25, 0.3) is 0 Å². The molecule has 0 spiro atoms. The zero-order chi connectivity index (χ0) is 16.4. The van der Waals surface area contributed by atoms with Crippen LogP contribution in [0.25, 0.3) is 11.5 Å². The lowest BCUT2D eigenvalue weighted by atomic mass is 10.1. The largest absolute Gasteiger partial charge is 0.441 e. The molecule has 0 fully saturated rings. The van der Waals surface area contributed by atoms with Crippen LogP contribution in [0.5, 0.6) is 5.75 Å². The highest BCUT2D eigenvalue weighted by Crippen LogP contribution is 2.26. The number of aromatic nitrogens is 1. The van der Waals surface area contributed by atoms with Gasteiger partial charge in [-0.1, -0.05) is 36.4 Å². The number of ether oxygens (including phenoxy) is 1. The molecule has 4 nitrogen and oxygen atoms in total. The zero-order valence-corrected chi connectivity index (χ0v) is 13.3. The maximum atomic E-state index is 12.4. The molecule has 0 unspecified atom stereocenters. The highest BCUT2D eigenvalue weighted by Gasteiger charge is 2.21. The molecule has 2 aromatic carbocycles. The quantitative estimate of drug-likeness (QED) is 0.528. The predicted molar refractivity (Wildman–Crippen MR) is 87.6 cm³/mol. The molecule has 0 radical (unpaired) electrons. The molecule has 1 aromatic heterocycles. The summed E-state index contributed by atoms with van der Waals surface area (Å²) in [5, 5.41) is 0. The van der Waals surface area contributed by atoms with Crippen molar-refractivity contribution in [3.63, 3.8) is 0 Å². The SMILES string of the molecule is Cc1cccc(C)c1OC(=O)c1nc(-c2ccccc2)oc1C. The number of aryl methyl sites for hydroxylation is 3. The number of para-hydroxylation sites is 1. The third-order valence-corrected chi connectivity index (χ3v) is 3.61. The van der Waals surface area contributed by atoms with E-state index in [9.17, 15) is 4.79 Å². The summed E-state index contributed by atoms with van der Waals surface area (Å²) >= 11 is 0. The molecule has 0 bridgehead atoms. The van der Waals surface area contributed by atoms with Gasteiger partial charge in [-0.2, -0.15) is 0 Å². The molecule has 0 aliphatic heterocycles. The normalized spacial score (nSPS) is 10.6. The van der Waals surface area contributed by atoms with Gasteiger partial charge in [0, 0.05) is 5.56 Å². The Morgan fingerprint density at radius 2 is 1.61 bits per heavy atom. The Bertz CT molecular complexity index is 830. The lowest BCUT2D eigenvalue weighted by molar-refractivity contribution is 0.0725. The summed E-state index contributed by atoms with van der Waals surface area (Å²) in [5.74, 6) is 0.920. The van der Waals surface area contributed by atoms with Crippen LogP contribution < -0.4 is 4.74 Å². The van der Waals surface area contributed by atoms with Crippen molar-refractivity contribution in [2.45, 2.75) is 20.8 Å². The Morgan fingerprint density at radius 1 is 0.957 bits per heavy atom. The first-order valence-electron chi connectivity index (χ1n) is 7.37. The zero-order valence-electron chi connectivity index (χ0n) is 13.3. The Labute approximate surface area is 134 Å². The van der Waals surface area contributed by atoms with Crippen molar-refractivity contribution in [1.29, 1.82) is 0 Å². The maximum absolute atomic E-state index is 12.4. The van der Waals surface area contributed by atoms with Crippen LogP contribution in [0.3, 0.4) is 0 Å². The first-order valence-corrected chi connectivity index (χ1v) is 7.37. The predicted octanol–water partition coefficient (Wildman–Crippen LogP) is 4.49. The fraction of sp³-hybridized carbons (Fsp3) is 0.158. The lowest BCUT2D eigenvalue weighted by Crippen LogP contribution is -2.12. The second-order valence-corrected chi connectivity index (χ2v) is 5.40. The van der Waals surface area contributed by atoms with Crippen molar-refractivity contribution in [3.05, 3.63) is 71.1 Å². The number of hydrogen-bond acceptors (Lipinski definition) is 4. The minimum atomic E-state index is -0.508. The number of hydrogen-bond donors (Lipinski definition) is 0. The number of carbonyl (C=O) groups is 1. The molecule has 0 saturated heterocycles. The van der Waals surface area contributed by atoms with Gasteiger partial charge in [-0.15, -0.1) is 0 Å². The molecule has 23 heavy (non-hydrogen) atoms. The molecule has 4 heteroatoms. The highest BCUT2D eigenvalue weighted by molar-refractivity contribution is 5.90. The number of nitrogens with zero attached hydrogens (tertiary/aromatic N) is 1. The molecule has 3 aromatic rings. The van der Waals surface area contributed by atoms with Gasteiger partial charge in [0.2, 0.25) is 5.89 Å². The van der Waals surface area contributed by atoms with E-state index in [1.54, 1.807) is 6.92 Å². The lowest BCUT2D eigenvalue weighted by Gasteiger charge is -2.08. The molecule has 0 aliphatic carbocycles. The van der Waals surface area contributed by atoms with E-state index in [0.29, 0.717) is 17.4 Å². The summed E-state index contributed by atoms with van der Waals surface area (Å²) < 4.78 is 11.1. The van der Waals surface area contributed by atoms with Gasteiger partial charge in [-0.25, -0.2) is 9.78 Å². The number of rotatable bonds is 3. The van der Waals surface area contributed by atoms with E-state index in [2.05, 4.69) is 4.98 Å². The van der Waals surface area contributed by atoms with Gasteiger partial charge in [0.05, 0.1) is 0 Å². The molecule has 0 aliphatic rings. The van der Waals surface area contributed by atoms with Gasteiger partial charge in [0.1, 0.15) is 11.5 Å². The van der Waals surface area contributed by atoms with Gasteiger partial charge in [0.15, 0.2) is 5.69 Å². The Balaban J connectivity index is 1.90. The van der Waals surface area contributed by atoms with Crippen LogP contribution in [0.1, 0.15) is 27.4 Å². The Kier molecular flexibility index (Phi) is 3.98. The second kappa shape index (κ2) is 6.08. The number of carbonyl (C=O) groups excluding carboxylic acids is 1. The molecule has 0 amide bonds. The van der Waals surface area contributed by atoms with Crippen LogP contribution in [0, 0.1) is 20.8 Å². The van der Waals surface area contributed by atoms with Gasteiger partial charge in [-0.05, 0) is 44.0 Å². The summed E-state index contributed by atoms with van der Waals surface area (Å²) in [7, 11) is 0. The Hall–Kier alpha value is -2.88. The van der Waals surface area contributed by atoms with Crippen LogP contribution in [0.15, 0.2) is 52.9 Å². The topological polar surface area (TPSA) is 52.3 Å².